The Morgan fingerprint density at radius 2 is 1.50 bits per heavy atom. The maximum absolute atomic E-state index is 13.1. The molecule has 1 atom stereocenters. The molecule has 0 heterocycles. The first-order valence-electron chi connectivity index (χ1n) is 12.7. The van der Waals surface area contributed by atoms with Gasteiger partial charge in [0.15, 0.2) is 11.5 Å². The molecule has 0 fully saturated rings. The number of Topliss-reactive ketones (excluding diaryl/α,β-unsaturated/α-hetero) is 1. The molecule has 0 aliphatic carbocycles. The Balaban J connectivity index is 1.55. The lowest BCUT2D eigenvalue weighted by atomic mass is 10.0. The van der Waals surface area contributed by atoms with Crippen molar-refractivity contribution < 1.29 is 14.5 Å². The molecule has 194 valence electrons. The van der Waals surface area contributed by atoms with E-state index in [1.165, 1.54) is 11.1 Å². The molecule has 4 aromatic rings. The monoisotopic (exact) mass is 508 g/mol. The summed E-state index contributed by atoms with van der Waals surface area (Å²) >= 11 is 0. The number of benzene rings is 4. The number of rotatable bonds is 12. The van der Waals surface area contributed by atoms with Crippen molar-refractivity contribution in [3.8, 4) is 5.75 Å². The van der Waals surface area contributed by atoms with E-state index < -0.39 is 4.92 Å². The molecule has 0 N–H and O–H groups in total. The molecular weight excluding hydrogens is 476 g/mol. The summed E-state index contributed by atoms with van der Waals surface area (Å²) in [5, 5.41) is 11.9. The third-order valence-corrected chi connectivity index (χ3v) is 6.56. The minimum absolute atomic E-state index is 0.0127. The third kappa shape index (κ3) is 7.37. The maximum atomic E-state index is 13.1. The smallest absolute Gasteiger partial charge is 0.311 e. The minimum Gasteiger partial charge on any atom is -0.482 e. The van der Waals surface area contributed by atoms with Crippen LogP contribution in [0.2, 0.25) is 0 Å². The Labute approximate surface area is 223 Å². The van der Waals surface area contributed by atoms with Gasteiger partial charge in [0.25, 0.3) is 0 Å². The largest absolute Gasteiger partial charge is 0.482 e. The fourth-order valence-electron chi connectivity index (χ4n) is 4.36. The van der Waals surface area contributed by atoms with Crippen LogP contribution in [0.4, 0.5) is 5.69 Å². The Morgan fingerprint density at radius 1 is 0.868 bits per heavy atom. The summed E-state index contributed by atoms with van der Waals surface area (Å²) in [6, 6.07) is 32.2. The lowest BCUT2D eigenvalue weighted by Crippen LogP contribution is -2.38. The molecule has 0 aromatic heterocycles. The van der Waals surface area contributed by atoms with E-state index in [-0.39, 0.29) is 36.4 Å². The lowest BCUT2D eigenvalue weighted by Gasteiger charge is -2.29. The summed E-state index contributed by atoms with van der Waals surface area (Å²) in [5.41, 5.74) is 4.62. The number of nitro groups is 1. The Hall–Kier alpha value is -4.29. The highest BCUT2D eigenvalue weighted by atomic mass is 16.6. The first-order valence-corrected chi connectivity index (χ1v) is 12.7. The number of carbonyl (C=O) groups is 1. The van der Waals surface area contributed by atoms with Crippen molar-refractivity contribution in [1.82, 2.24) is 4.90 Å². The fourth-order valence-corrected chi connectivity index (χ4v) is 4.36. The van der Waals surface area contributed by atoms with Crippen molar-refractivity contribution in [3.05, 3.63) is 141 Å². The van der Waals surface area contributed by atoms with Crippen LogP contribution in [-0.4, -0.2) is 28.2 Å². The van der Waals surface area contributed by atoms with Crippen LogP contribution in [0, 0.1) is 17.0 Å². The summed E-state index contributed by atoms with van der Waals surface area (Å²) in [5.74, 6) is 0.237. The van der Waals surface area contributed by atoms with Gasteiger partial charge in [0.2, 0.25) is 0 Å². The first-order chi connectivity index (χ1) is 18.4. The van der Waals surface area contributed by atoms with Crippen LogP contribution >= 0.6 is 0 Å². The van der Waals surface area contributed by atoms with Crippen LogP contribution in [0.25, 0.3) is 0 Å². The van der Waals surface area contributed by atoms with E-state index in [1.54, 1.807) is 12.1 Å². The quantitative estimate of drug-likeness (QED) is 0.120. The zero-order valence-electron chi connectivity index (χ0n) is 21.7. The van der Waals surface area contributed by atoms with Gasteiger partial charge in [-0.1, -0.05) is 96.6 Å². The predicted octanol–water partition coefficient (Wildman–Crippen LogP) is 6.80. The predicted molar refractivity (Wildman–Crippen MR) is 149 cm³/mol. The van der Waals surface area contributed by atoms with Crippen LogP contribution < -0.4 is 4.74 Å². The van der Waals surface area contributed by atoms with E-state index >= 15 is 0 Å². The first kappa shape index (κ1) is 26.8. The van der Waals surface area contributed by atoms with Crippen molar-refractivity contribution in [1.29, 1.82) is 0 Å². The van der Waals surface area contributed by atoms with Gasteiger partial charge in [-0.15, -0.1) is 0 Å². The summed E-state index contributed by atoms with van der Waals surface area (Å²) in [4.78, 5) is 26.7. The highest BCUT2D eigenvalue weighted by Gasteiger charge is 2.22. The number of carbonyl (C=O) groups excluding carboxylic acids is 1. The summed E-state index contributed by atoms with van der Waals surface area (Å²) in [6.07, 6.45) is 0.753. The normalized spacial score (nSPS) is 11.8. The molecule has 6 nitrogen and oxygen atoms in total. The topological polar surface area (TPSA) is 72.7 Å². The Bertz CT molecular complexity index is 1360. The average Bonchev–Trinajstić information content (AvgIpc) is 2.94. The second-order valence-electron chi connectivity index (χ2n) is 9.57. The fraction of sp³-hybridized carbons (Fsp3) is 0.219. The molecule has 0 amide bonds. The van der Waals surface area contributed by atoms with Crippen molar-refractivity contribution in [3.63, 3.8) is 0 Å². The van der Waals surface area contributed by atoms with Crippen molar-refractivity contribution in [2.45, 2.75) is 39.5 Å². The van der Waals surface area contributed by atoms with Gasteiger partial charge in [-0.2, -0.15) is 0 Å². The van der Waals surface area contributed by atoms with Crippen LogP contribution in [0.3, 0.4) is 0 Å². The molecule has 4 aromatic carbocycles. The number of hydrogen-bond donors (Lipinski definition) is 0. The van der Waals surface area contributed by atoms with E-state index in [2.05, 4.69) is 43.0 Å². The van der Waals surface area contributed by atoms with Gasteiger partial charge >= 0.3 is 5.69 Å². The zero-order valence-corrected chi connectivity index (χ0v) is 21.7. The molecule has 0 aliphatic rings. The number of aryl methyl sites for hydroxylation is 1. The molecule has 38 heavy (non-hydrogen) atoms. The van der Waals surface area contributed by atoms with Crippen LogP contribution in [0.5, 0.6) is 5.75 Å². The molecule has 0 radical (unpaired) electrons. The van der Waals surface area contributed by atoms with E-state index in [0.717, 1.165) is 17.5 Å². The SMILES string of the molecule is Cc1ccc(CC(C)N(CC(=O)c2ccccc2)Cc2ccc(OCc3ccccc3)c([N+](=O)[O-])c2)cc1. The van der Waals surface area contributed by atoms with E-state index in [1.807, 2.05) is 66.7 Å². The number of ketones is 1. The van der Waals surface area contributed by atoms with E-state index in [9.17, 15) is 14.9 Å². The second kappa shape index (κ2) is 12.8. The third-order valence-electron chi connectivity index (χ3n) is 6.56. The molecule has 0 saturated carbocycles. The second-order valence-corrected chi connectivity index (χ2v) is 9.57. The highest BCUT2D eigenvalue weighted by molar-refractivity contribution is 5.97. The van der Waals surface area contributed by atoms with Gasteiger partial charge < -0.3 is 4.74 Å². The lowest BCUT2D eigenvalue weighted by molar-refractivity contribution is -0.386. The van der Waals surface area contributed by atoms with Gasteiger partial charge in [-0.05, 0) is 43.0 Å². The number of nitrogens with zero attached hydrogens (tertiary/aromatic N) is 2. The maximum Gasteiger partial charge on any atom is 0.311 e. The van der Waals surface area contributed by atoms with Gasteiger partial charge in [0.1, 0.15) is 6.61 Å². The molecular formula is C32H32N2O4. The van der Waals surface area contributed by atoms with Crippen LogP contribution in [0.15, 0.2) is 103 Å². The van der Waals surface area contributed by atoms with Gasteiger partial charge in [-0.25, -0.2) is 0 Å². The van der Waals surface area contributed by atoms with Crippen LogP contribution in [-0.2, 0) is 19.6 Å². The highest BCUT2D eigenvalue weighted by Crippen LogP contribution is 2.30. The summed E-state index contributed by atoms with van der Waals surface area (Å²) in [7, 11) is 0. The Morgan fingerprint density at radius 3 is 2.16 bits per heavy atom. The van der Waals surface area contributed by atoms with Crippen molar-refractivity contribution in [2.75, 3.05) is 6.54 Å². The zero-order chi connectivity index (χ0) is 26.9. The van der Waals surface area contributed by atoms with Gasteiger partial charge in [0.05, 0.1) is 11.5 Å². The minimum atomic E-state index is -0.418. The summed E-state index contributed by atoms with van der Waals surface area (Å²) in [6.45, 7) is 4.98. The molecule has 6 heteroatoms. The molecule has 0 aliphatic heterocycles. The van der Waals surface area contributed by atoms with E-state index in [0.29, 0.717) is 12.1 Å². The molecule has 0 bridgehead atoms. The average molecular weight is 509 g/mol. The van der Waals surface area contributed by atoms with Crippen molar-refractivity contribution >= 4 is 11.5 Å². The molecule has 1 unspecified atom stereocenters. The molecule has 0 saturated heterocycles. The van der Waals surface area contributed by atoms with Crippen LogP contribution in [0.1, 0.15) is 39.5 Å². The number of hydrogen-bond acceptors (Lipinski definition) is 5. The Kier molecular flexibility index (Phi) is 9.01. The number of nitro benzene ring substituents is 1. The van der Waals surface area contributed by atoms with Crippen molar-refractivity contribution in [2.24, 2.45) is 0 Å². The van der Waals surface area contributed by atoms with Gasteiger partial charge in [-0.3, -0.25) is 19.8 Å². The van der Waals surface area contributed by atoms with E-state index in [4.69, 9.17) is 4.74 Å². The number of ether oxygens (including phenoxy) is 1. The summed E-state index contributed by atoms with van der Waals surface area (Å²) < 4.78 is 5.79. The molecule has 0 spiro atoms. The standard InChI is InChI=1S/C32H32N2O4/c1-24-13-15-26(16-14-24)19-25(2)33(22-31(35)29-11-7-4-8-12-29)21-28-17-18-32(30(20-28)34(36)37)38-23-27-9-5-3-6-10-27/h3-18,20,25H,19,21-23H2,1-2H3. The molecule has 4 rings (SSSR count). The van der Waals surface area contributed by atoms with Gasteiger partial charge in [0, 0.05) is 24.2 Å².